The van der Waals surface area contributed by atoms with E-state index in [1.54, 1.807) is 11.3 Å². The average molecular weight is 324 g/mol. The lowest BCUT2D eigenvalue weighted by Gasteiger charge is -2.13. The Morgan fingerprint density at radius 1 is 1.38 bits per heavy atom. The number of hydrogen-bond donors (Lipinski definition) is 2. The molecule has 3 rings (SSSR count). The van der Waals surface area contributed by atoms with E-state index < -0.39 is 0 Å². The van der Waals surface area contributed by atoms with Crippen LogP contribution in [-0.4, -0.2) is 23.7 Å². The monoisotopic (exact) mass is 324 g/mol. The lowest BCUT2D eigenvalue weighted by atomic mass is 9.95. The van der Waals surface area contributed by atoms with Crippen LogP contribution in [0.15, 0.2) is 0 Å². The Balaban J connectivity index is 1.84. The molecule has 1 heterocycles. The van der Waals surface area contributed by atoms with Gasteiger partial charge < -0.3 is 15.4 Å². The molecule has 0 unspecified atom stereocenters. The molecule has 1 aromatic rings. The van der Waals surface area contributed by atoms with Gasteiger partial charge in [-0.3, -0.25) is 0 Å². The van der Waals surface area contributed by atoms with Crippen LogP contribution in [0.2, 0.25) is 0 Å². The van der Waals surface area contributed by atoms with Crippen molar-refractivity contribution in [1.29, 1.82) is 0 Å². The first-order valence-corrected chi connectivity index (χ1v) is 8.80. The standard InChI is InChI=1S/C15H20N2O2S2/c1-2-19-14(18)12-10-5-3-4-6-11(10)21-13(12)17-15(20)16-9-7-8-9/h9H,2-8H2,1H3,(H2,16,17,20). The van der Waals surface area contributed by atoms with Gasteiger partial charge in [-0.05, 0) is 63.2 Å². The van der Waals surface area contributed by atoms with Gasteiger partial charge in [0.1, 0.15) is 5.00 Å². The zero-order chi connectivity index (χ0) is 14.8. The van der Waals surface area contributed by atoms with E-state index in [4.69, 9.17) is 17.0 Å². The van der Waals surface area contributed by atoms with Crippen molar-refractivity contribution in [3.8, 4) is 0 Å². The lowest BCUT2D eigenvalue weighted by molar-refractivity contribution is 0.0526. The van der Waals surface area contributed by atoms with Gasteiger partial charge in [-0.15, -0.1) is 11.3 Å². The van der Waals surface area contributed by atoms with Crippen molar-refractivity contribution in [3.05, 3.63) is 16.0 Å². The number of thiocarbonyl (C=S) groups is 1. The van der Waals surface area contributed by atoms with E-state index >= 15 is 0 Å². The number of carbonyl (C=O) groups is 1. The topological polar surface area (TPSA) is 50.4 Å². The highest BCUT2D eigenvalue weighted by Gasteiger charge is 2.28. The zero-order valence-corrected chi connectivity index (χ0v) is 13.8. The first-order chi connectivity index (χ1) is 10.2. The molecule has 1 aromatic heterocycles. The maximum atomic E-state index is 12.3. The molecule has 21 heavy (non-hydrogen) atoms. The minimum Gasteiger partial charge on any atom is -0.462 e. The molecule has 1 fully saturated rings. The van der Waals surface area contributed by atoms with Crippen LogP contribution in [-0.2, 0) is 17.6 Å². The molecule has 0 bridgehead atoms. The highest BCUT2D eigenvalue weighted by molar-refractivity contribution is 7.80. The van der Waals surface area contributed by atoms with Crippen LogP contribution in [0, 0.1) is 0 Å². The number of hydrogen-bond acceptors (Lipinski definition) is 4. The van der Waals surface area contributed by atoms with E-state index in [0.29, 0.717) is 23.3 Å². The molecular weight excluding hydrogens is 304 g/mol. The van der Waals surface area contributed by atoms with Crippen molar-refractivity contribution in [2.24, 2.45) is 0 Å². The van der Waals surface area contributed by atoms with Crippen LogP contribution in [0.4, 0.5) is 5.00 Å². The lowest BCUT2D eigenvalue weighted by Crippen LogP contribution is -2.30. The van der Waals surface area contributed by atoms with E-state index in [1.165, 1.54) is 29.7 Å². The molecule has 1 saturated carbocycles. The van der Waals surface area contributed by atoms with Crippen molar-refractivity contribution in [2.45, 2.75) is 51.5 Å². The number of esters is 1. The van der Waals surface area contributed by atoms with E-state index in [1.807, 2.05) is 6.92 Å². The van der Waals surface area contributed by atoms with Crippen molar-refractivity contribution in [3.63, 3.8) is 0 Å². The molecule has 114 valence electrons. The number of fused-ring (bicyclic) bond motifs is 1. The van der Waals surface area contributed by atoms with Gasteiger partial charge in [-0.25, -0.2) is 4.79 Å². The van der Waals surface area contributed by atoms with Gasteiger partial charge in [0.25, 0.3) is 0 Å². The predicted molar refractivity (Wildman–Crippen MR) is 89.3 cm³/mol. The minimum absolute atomic E-state index is 0.228. The molecular formula is C15H20N2O2S2. The molecule has 0 saturated heterocycles. The van der Waals surface area contributed by atoms with Crippen molar-refractivity contribution in [2.75, 3.05) is 11.9 Å². The maximum Gasteiger partial charge on any atom is 0.341 e. The first kappa shape index (κ1) is 14.8. The minimum atomic E-state index is -0.228. The van der Waals surface area contributed by atoms with E-state index in [9.17, 15) is 4.79 Å². The van der Waals surface area contributed by atoms with Crippen LogP contribution in [0.3, 0.4) is 0 Å². The fourth-order valence-electron chi connectivity index (χ4n) is 2.63. The van der Waals surface area contributed by atoms with Gasteiger partial charge in [-0.2, -0.15) is 0 Å². The molecule has 0 atom stereocenters. The smallest absolute Gasteiger partial charge is 0.341 e. The van der Waals surface area contributed by atoms with E-state index in [2.05, 4.69) is 10.6 Å². The largest absolute Gasteiger partial charge is 0.462 e. The summed E-state index contributed by atoms with van der Waals surface area (Å²) in [5, 5.41) is 7.93. The highest BCUT2D eigenvalue weighted by atomic mass is 32.1. The fourth-order valence-corrected chi connectivity index (χ4v) is 4.24. The summed E-state index contributed by atoms with van der Waals surface area (Å²) in [7, 11) is 0. The SMILES string of the molecule is CCOC(=O)c1c(NC(=S)NC2CC2)sc2c1CCCC2. The summed E-state index contributed by atoms with van der Waals surface area (Å²) in [5.74, 6) is -0.228. The molecule has 2 aliphatic rings. The Morgan fingerprint density at radius 3 is 2.86 bits per heavy atom. The Labute approximate surface area is 134 Å². The van der Waals surface area contributed by atoms with Crippen LogP contribution in [0.5, 0.6) is 0 Å². The molecule has 0 spiro atoms. The highest BCUT2D eigenvalue weighted by Crippen LogP contribution is 2.38. The van der Waals surface area contributed by atoms with Crippen LogP contribution < -0.4 is 10.6 Å². The summed E-state index contributed by atoms with van der Waals surface area (Å²) in [5.41, 5.74) is 1.87. The summed E-state index contributed by atoms with van der Waals surface area (Å²) >= 11 is 6.99. The third-order valence-electron chi connectivity index (χ3n) is 3.79. The Hall–Kier alpha value is -1.14. The van der Waals surface area contributed by atoms with Gasteiger partial charge in [-0.1, -0.05) is 0 Å². The quantitative estimate of drug-likeness (QED) is 0.658. The summed E-state index contributed by atoms with van der Waals surface area (Å²) in [6.07, 6.45) is 6.70. The van der Waals surface area contributed by atoms with Crippen LogP contribution in [0.1, 0.15) is 53.4 Å². The van der Waals surface area contributed by atoms with E-state index in [-0.39, 0.29) is 5.97 Å². The molecule has 4 nitrogen and oxygen atoms in total. The van der Waals surface area contributed by atoms with Crippen molar-refractivity contribution >= 4 is 39.6 Å². The Morgan fingerprint density at radius 2 is 2.14 bits per heavy atom. The second kappa shape index (κ2) is 6.32. The molecule has 0 amide bonds. The van der Waals surface area contributed by atoms with Gasteiger partial charge in [0.2, 0.25) is 0 Å². The molecule has 6 heteroatoms. The fraction of sp³-hybridized carbons (Fsp3) is 0.600. The first-order valence-electron chi connectivity index (χ1n) is 7.58. The summed E-state index contributed by atoms with van der Waals surface area (Å²) < 4.78 is 5.23. The Kier molecular flexibility index (Phi) is 4.45. The number of rotatable bonds is 4. The van der Waals surface area contributed by atoms with Crippen LogP contribution >= 0.6 is 23.6 Å². The third-order valence-corrected chi connectivity index (χ3v) is 5.22. The summed E-state index contributed by atoms with van der Waals surface area (Å²) in [6.45, 7) is 2.23. The van der Waals surface area contributed by atoms with Gasteiger partial charge >= 0.3 is 5.97 Å². The zero-order valence-electron chi connectivity index (χ0n) is 12.2. The van der Waals surface area contributed by atoms with Crippen molar-refractivity contribution < 1.29 is 9.53 Å². The summed E-state index contributed by atoms with van der Waals surface area (Å²) in [4.78, 5) is 13.6. The average Bonchev–Trinajstić information content (AvgIpc) is 3.18. The number of anilines is 1. The third kappa shape index (κ3) is 3.37. The van der Waals surface area contributed by atoms with Gasteiger partial charge in [0, 0.05) is 10.9 Å². The molecule has 0 aliphatic heterocycles. The molecule has 2 N–H and O–H groups in total. The second-order valence-corrected chi connectivity index (χ2v) is 7.02. The van der Waals surface area contributed by atoms with Gasteiger partial charge in [0.15, 0.2) is 5.11 Å². The number of thiophene rings is 1. The van der Waals surface area contributed by atoms with E-state index in [0.717, 1.165) is 24.3 Å². The van der Waals surface area contributed by atoms with Gasteiger partial charge in [0.05, 0.1) is 12.2 Å². The number of aryl methyl sites for hydroxylation is 1. The number of carbonyl (C=O) groups excluding carboxylic acids is 1. The van der Waals surface area contributed by atoms with Crippen LogP contribution in [0.25, 0.3) is 0 Å². The normalized spacial score (nSPS) is 17.0. The molecule has 2 aliphatic carbocycles. The maximum absolute atomic E-state index is 12.3. The predicted octanol–water partition coefficient (Wildman–Crippen LogP) is 3.25. The molecule has 0 radical (unpaired) electrons. The Bertz CT molecular complexity index is 564. The summed E-state index contributed by atoms with van der Waals surface area (Å²) in [6, 6.07) is 0.505. The molecule has 0 aromatic carbocycles. The number of ether oxygens (including phenoxy) is 1. The van der Waals surface area contributed by atoms with Crippen molar-refractivity contribution in [1.82, 2.24) is 5.32 Å². The number of nitrogens with one attached hydrogen (secondary N) is 2. The second-order valence-electron chi connectivity index (χ2n) is 5.51.